The number of rotatable bonds is 1. The lowest BCUT2D eigenvalue weighted by Crippen LogP contribution is -2.27. The van der Waals surface area contributed by atoms with Gasteiger partial charge in [-0.15, -0.1) is 4.99 Å². The van der Waals surface area contributed by atoms with Crippen molar-refractivity contribution < 1.29 is 4.79 Å². The summed E-state index contributed by atoms with van der Waals surface area (Å²) in [5, 5.41) is 3.28. The third kappa shape index (κ3) is 3.34. The molecule has 0 aromatic carbocycles. The topological polar surface area (TPSA) is 41.5 Å². The van der Waals surface area contributed by atoms with E-state index in [2.05, 4.69) is 22.3 Å². The summed E-state index contributed by atoms with van der Waals surface area (Å²) in [6.07, 6.45) is 4.61. The third-order valence-corrected chi connectivity index (χ3v) is 2.03. The van der Waals surface area contributed by atoms with Crippen LogP contribution in [0.25, 0.3) is 0 Å². The molecular formula is C9H12N2O. The van der Waals surface area contributed by atoms with E-state index in [0.29, 0.717) is 5.92 Å². The first kappa shape index (κ1) is 8.99. The largest absolute Gasteiger partial charge is 0.317 e. The van der Waals surface area contributed by atoms with Gasteiger partial charge in [-0.3, -0.25) is 0 Å². The maximum Gasteiger partial charge on any atom is 0.249 e. The fourth-order valence-electron chi connectivity index (χ4n) is 1.34. The lowest BCUT2D eigenvalue weighted by molar-refractivity contribution is 0.381. The van der Waals surface area contributed by atoms with Crippen LogP contribution in [0.4, 0.5) is 0 Å². The molecule has 1 N–H and O–H groups in total. The molecule has 12 heavy (non-hydrogen) atoms. The van der Waals surface area contributed by atoms with Crippen molar-refractivity contribution in [2.75, 3.05) is 13.1 Å². The molecule has 1 aliphatic heterocycles. The molecular weight excluding hydrogens is 152 g/mol. The van der Waals surface area contributed by atoms with Crippen molar-refractivity contribution in [3.63, 3.8) is 0 Å². The van der Waals surface area contributed by atoms with Crippen molar-refractivity contribution >= 4 is 6.08 Å². The van der Waals surface area contributed by atoms with E-state index >= 15 is 0 Å². The van der Waals surface area contributed by atoms with Gasteiger partial charge in [-0.25, -0.2) is 4.79 Å². The molecule has 0 atom stereocenters. The van der Waals surface area contributed by atoms with Crippen LogP contribution in [0.1, 0.15) is 19.3 Å². The highest BCUT2D eigenvalue weighted by Crippen LogP contribution is 2.14. The summed E-state index contributed by atoms with van der Waals surface area (Å²) in [5.41, 5.74) is 0. The maximum absolute atomic E-state index is 9.65. The molecule has 0 bridgehead atoms. The summed E-state index contributed by atoms with van der Waals surface area (Å²) in [7, 11) is 0. The highest BCUT2D eigenvalue weighted by atomic mass is 16.1. The number of piperidine rings is 1. The van der Waals surface area contributed by atoms with Crippen LogP contribution in [0.15, 0.2) is 4.99 Å². The third-order valence-electron chi connectivity index (χ3n) is 2.03. The fraction of sp³-hybridized carbons (Fsp3) is 0.667. The van der Waals surface area contributed by atoms with E-state index in [1.807, 2.05) is 0 Å². The zero-order valence-corrected chi connectivity index (χ0v) is 6.97. The molecule has 1 saturated heterocycles. The predicted molar refractivity (Wildman–Crippen MR) is 46.1 cm³/mol. The van der Waals surface area contributed by atoms with Crippen LogP contribution in [0.3, 0.4) is 0 Å². The Morgan fingerprint density at radius 2 is 2.17 bits per heavy atom. The average molecular weight is 164 g/mol. The van der Waals surface area contributed by atoms with Crippen LogP contribution in [0.5, 0.6) is 0 Å². The van der Waals surface area contributed by atoms with Gasteiger partial charge in [-0.05, 0) is 31.8 Å². The number of nitrogens with one attached hydrogen (secondary N) is 1. The normalized spacial score (nSPS) is 17.3. The fourth-order valence-corrected chi connectivity index (χ4v) is 1.34. The van der Waals surface area contributed by atoms with E-state index < -0.39 is 0 Å². The Kier molecular flexibility index (Phi) is 4.15. The Hall–Kier alpha value is -1.10. The minimum absolute atomic E-state index is 0.681. The molecule has 1 rings (SSSR count). The SMILES string of the molecule is O=C=NC#CCC1CCNCC1. The first-order chi connectivity index (χ1) is 5.93. The zero-order valence-electron chi connectivity index (χ0n) is 6.97. The summed E-state index contributed by atoms with van der Waals surface area (Å²) in [4.78, 5) is 12.8. The summed E-state index contributed by atoms with van der Waals surface area (Å²) in [6.45, 7) is 2.17. The van der Waals surface area contributed by atoms with Crippen LogP contribution in [-0.2, 0) is 4.79 Å². The molecule has 0 radical (unpaired) electrons. The van der Waals surface area contributed by atoms with Crippen LogP contribution < -0.4 is 5.32 Å². The summed E-state index contributed by atoms with van der Waals surface area (Å²) < 4.78 is 0. The van der Waals surface area contributed by atoms with Crippen molar-refractivity contribution in [2.45, 2.75) is 19.3 Å². The smallest absolute Gasteiger partial charge is 0.249 e. The van der Waals surface area contributed by atoms with E-state index in [1.54, 1.807) is 0 Å². The molecule has 3 heteroatoms. The molecule has 3 nitrogen and oxygen atoms in total. The molecule has 0 aromatic rings. The van der Waals surface area contributed by atoms with Crippen molar-refractivity contribution in [2.24, 2.45) is 10.9 Å². The van der Waals surface area contributed by atoms with Crippen molar-refractivity contribution in [1.82, 2.24) is 5.32 Å². The second kappa shape index (κ2) is 5.54. The van der Waals surface area contributed by atoms with Crippen molar-refractivity contribution in [1.29, 1.82) is 0 Å². The number of hydrogen-bond acceptors (Lipinski definition) is 3. The van der Waals surface area contributed by atoms with Gasteiger partial charge in [-0.2, -0.15) is 0 Å². The Morgan fingerprint density at radius 3 is 2.83 bits per heavy atom. The van der Waals surface area contributed by atoms with Crippen LogP contribution in [-0.4, -0.2) is 19.2 Å². The number of carbonyl (C=O) groups excluding carboxylic acids is 1. The van der Waals surface area contributed by atoms with Gasteiger partial charge < -0.3 is 5.32 Å². The van der Waals surface area contributed by atoms with Gasteiger partial charge in [0.25, 0.3) is 0 Å². The van der Waals surface area contributed by atoms with E-state index in [4.69, 9.17) is 0 Å². The molecule has 0 unspecified atom stereocenters. The van der Waals surface area contributed by atoms with Gasteiger partial charge in [-0.1, -0.05) is 5.92 Å². The Balaban J connectivity index is 2.22. The summed E-state index contributed by atoms with van der Waals surface area (Å²) in [6, 6.07) is 2.41. The molecule has 1 heterocycles. The quantitative estimate of drug-likeness (QED) is 0.351. The lowest BCUT2D eigenvalue weighted by atomic mass is 9.95. The first-order valence-electron chi connectivity index (χ1n) is 4.19. The summed E-state index contributed by atoms with van der Waals surface area (Å²) >= 11 is 0. The van der Waals surface area contributed by atoms with Gasteiger partial charge in [0.15, 0.2) is 0 Å². The Bertz CT molecular complexity index is 227. The van der Waals surface area contributed by atoms with Crippen molar-refractivity contribution in [3.05, 3.63) is 0 Å². The first-order valence-corrected chi connectivity index (χ1v) is 4.19. The number of nitrogens with zero attached hydrogens (tertiary/aromatic N) is 1. The number of isocyanates is 1. The van der Waals surface area contributed by atoms with Crippen molar-refractivity contribution in [3.8, 4) is 12.0 Å². The van der Waals surface area contributed by atoms with E-state index in [-0.39, 0.29) is 0 Å². The monoisotopic (exact) mass is 164 g/mol. The Labute approximate surface area is 72.3 Å². The number of aliphatic imine (C=N–C) groups is 1. The van der Waals surface area contributed by atoms with Gasteiger partial charge in [0.2, 0.25) is 6.08 Å². The van der Waals surface area contributed by atoms with E-state index in [1.165, 1.54) is 18.9 Å². The standard InChI is InChI=1S/C9H12N2O/c12-8-11-5-1-2-9-3-6-10-7-4-9/h9-10H,2-4,6-7H2. The maximum atomic E-state index is 9.65. The molecule has 0 saturated carbocycles. The molecule has 1 aliphatic rings. The molecule has 0 spiro atoms. The summed E-state index contributed by atoms with van der Waals surface area (Å²) in [5.74, 6) is 3.53. The van der Waals surface area contributed by atoms with Crippen LogP contribution in [0, 0.1) is 17.9 Å². The molecule has 0 amide bonds. The Morgan fingerprint density at radius 1 is 1.42 bits per heavy atom. The van der Waals surface area contributed by atoms with E-state index in [9.17, 15) is 4.79 Å². The molecule has 0 aromatic heterocycles. The predicted octanol–water partition coefficient (Wildman–Crippen LogP) is 0.673. The molecule has 1 fully saturated rings. The molecule has 0 aliphatic carbocycles. The highest BCUT2D eigenvalue weighted by Gasteiger charge is 2.10. The second-order valence-electron chi connectivity index (χ2n) is 2.89. The van der Waals surface area contributed by atoms with Gasteiger partial charge in [0, 0.05) is 12.5 Å². The van der Waals surface area contributed by atoms with Crippen LogP contribution >= 0.6 is 0 Å². The minimum Gasteiger partial charge on any atom is -0.317 e. The second-order valence-corrected chi connectivity index (χ2v) is 2.89. The lowest BCUT2D eigenvalue weighted by Gasteiger charge is -2.19. The zero-order chi connectivity index (χ0) is 8.65. The highest BCUT2D eigenvalue weighted by molar-refractivity contribution is 5.36. The minimum atomic E-state index is 0.681. The average Bonchev–Trinajstić information content (AvgIpc) is 2.14. The number of hydrogen-bond donors (Lipinski definition) is 1. The van der Waals surface area contributed by atoms with Gasteiger partial charge in [0.05, 0.1) is 0 Å². The van der Waals surface area contributed by atoms with E-state index in [0.717, 1.165) is 19.5 Å². The van der Waals surface area contributed by atoms with Gasteiger partial charge >= 0.3 is 0 Å². The van der Waals surface area contributed by atoms with Crippen LogP contribution in [0.2, 0.25) is 0 Å². The van der Waals surface area contributed by atoms with Gasteiger partial charge in [0.1, 0.15) is 0 Å². The molecule has 64 valence electrons.